The van der Waals surface area contributed by atoms with Crippen LogP contribution in [0, 0.1) is 0 Å². The van der Waals surface area contributed by atoms with E-state index in [1.807, 2.05) is 12.1 Å². The summed E-state index contributed by atoms with van der Waals surface area (Å²) in [6.45, 7) is 0.686. The minimum absolute atomic E-state index is 0. The van der Waals surface area contributed by atoms with Crippen molar-refractivity contribution < 1.29 is 5.11 Å². The lowest BCUT2D eigenvalue weighted by Crippen LogP contribution is -2.41. The van der Waals surface area contributed by atoms with Gasteiger partial charge in [-0.05, 0) is 46.5 Å². The topological polar surface area (TPSA) is 58.3 Å². The van der Waals surface area contributed by atoms with Crippen molar-refractivity contribution in [1.29, 1.82) is 0 Å². The molecule has 1 aromatic carbocycles. The number of benzene rings is 1. The van der Waals surface area contributed by atoms with Crippen LogP contribution in [0.1, 0.15) is 31.2 Å². The number of nitrogen functional groups attached to an aromatic ring is 1. The predicted molar refractivity (Wildman–Crippen MR) is 88.6 cm³/mol. The second-order valence-electron chi connectivity index (χ2n) is 4.80. The van der Waals surface area contributed by atoms with Crippen LogP contribution in [0.25, 0.3) is 0 Å². The number of hydrogen-bond acceptors (Lipinski definition) is 3. The standard InChI is InChI=1S/C13H18Br2N2O.ClH/c14-9-5-8(13(16)10(15)6-9)7-17-11-3-1-2-4-12(11)18;/h5-6,11-12,17-18H,1-4,7,16H2;1H/t11-,12-;/m1./s1. The first-order valence-corrected chi connectivity index (χ1v) is 7.81. The molecule has 1 aliphatic rings. The number of aliphatic hydroxyl groups is 1. The zero-order valence-corrected chi connectivity index (χ0v) is 14.5. The smallest absolute Gasteiger partial charge is 0.0693 e. The fraction of sp³-hybridized carbons (Fsp3) is 0.538. The van der Waals surface area contributed by atoms with Gasteiger partial charge in [-0.2, -0.15) is 0 Å². The highest BCUT2D eigenvalue weighted by Gasteiger charge is 2.22. The Bertz CT molecular complexity index is 431. The first kappa shape index (κ1) is 17.2. The molecular weight excluding hydrogens is 395 g/mol. The van der Waals surface area contributed by atoms with Crippen LogP contribution in [-0.4, -0.2) is 17.3 Å². The molecule has 4 N–H and O–H groups in total. The van der Waals surface area contributed by atoms with E-state index in [0.29, 0.717) is 6.54 Å². The van der Waals surface area contributed by atoms with Gasteiger partial charge < -0.3 is 16.2 Å². The molecule has 0 bridgehead atoms. The lowest BCUT2D eigenvalue weighted by molar-refractivity contribution is 0.0903. The van der Waals surface area contributed by atoms with E-state index in [1.54, 1.807) is 0 Å². The van der Waals surface area contributed by atoms with Crippen molar-refractivity contribution in [3.63, 3.8) is 0 Å². The third kappa shape index (κ3) is 4.60. The SMILES string of the molecule is Cl.Nc1c(Br)cc(Br)cc1CN[C@@H]1CCCC[C@H]1O. The van der Waals surface area contributed by atoms with Crippen molar-refractivity contribution >= 4 is 50.0 Å². The van der Waals surface area contributed by atoms with Gasteiger partial charge in [0.15, 0.2) is 0 Å². The Morgan fingerprint density at radius 2 is 1.95 bits per heavy atom. The van der Waals surface area contributed by atoms with E-state index in [-0.39, 0.29) is 24.6 Å². The molecule has 6 heteroatoms. The van der Waals surface area contributed by atoms with E-state index < -0.39 is 0 Å². The Morgan fingerprint density at radius 3 is 2.63 bits per heavy atom. The number of halogens is 3. The van der Waals surface area contributed by atoms with Crippen molar-refractivity contribution in [2.75, 3.05) is 5.73 Å². The average molecular weight is 415 g/mol. The van der Waals surface area contributed by atoms with Gasteiger partial charge in [-0.1, -0.05) is 28.8 Å². The second kappa shape index (κ2) is 7.84. The number of aliphatic hydroxyl groups excluding tert-OH is 1. The normalized spacial score (nSPS) is 22.9. The van der Waals surface area contributed by atoms with Crippen molar-refractivity contribution in [2.45, 2.75) is 44.4 Å². The number of rotatable bonds is 3. The predicted octanol–water partition coefficient (Wildman–Crippen LogP) is 3.61. The van der Waals surface area contributed by atoms with Crippen LogP contribution < -0.4 is 11.1 Å². The minimum atomic E-state index is -0.226. The molecule has 2 atom stereocenters. The molecule has 0 spiro atoms. The van der Waals surface area contributed by atoms with Crippen LogP contribution in [0.15, 0.2) is 21.1 Å². The van der Waals surface area contributed by atoms with E-state index in [9.17, 15) is 5.11 Å². The molecule has 0 aliphatic heterocycles. The Morgan fingerprint density at radius 1 is 1.26 bits per heavy atom. The van der Waals surface area contributed by atoms with Gasteiger partial charge in [0.1, 0.15) is 0 Å². The summed E-state index contributed by atoms with van der Waals surface area (Å²) in [5, 5.41) is 13.3. The van der Waals surface area contributed by atoms with Gasteiger partial charge in [-0.3, -0.25) is 0 Å². The van der Waals surface area contributed by atoms with Crippen LogP contribution in [0.3, 0.4) is 0 Å². The van der Waals surface area contributed by atoms with Gasteiger partial charge >= 0.3 is 0 Å². The number of nitrogens with one attached hydrogen (secondary N) is 1. The van der Waals surface area contributed by atoms with Crippen molar-refractivity contribution in [3.05, 3.63) is 26.6 Å². The van der Waals surface area contributed by atoms with E-state index in [2.05, 4.69) is 37.2 Å². The third-order valence-corrected chi connectivity index (χ3v) is 4.58. The molecule has 0 unspecified atom stereocenters. The summed E-state index contributed by atoms with van der Waals surface area (Å²) in [5.41, 5.74) is 7.84. The lowest BCUT2D eigenvalue weighted by atomic mass is 9.92. The zero-order valence-electron chi connectivity index (χ0n) is 10.5. The summed E-state index contributed by atoms with van der Waals surface area (Å²) in [5.74, 6) is 0. The molecule has 1 fully saturated rings. The van der Waals surface area contributed by atoms with E-state index >= 15 is 0 Å². The van der Waals surface area contributed by atoms with E-state index in [0.717, 1.165) is 39.5 Å². The van der Waals surface area contributed by atoms with Gasteiger partial charge in [-0.25, -0.2) is 0 Å². The Kier molecular flexibility index (Phi) is 7.11. The molecule has 2 rings (SSSR count). The molecule has 108 valence electrons. The fourth-order valence-corrected chi connectivity index (χ4v) is 3.69. The van der Waals surface area contributed by atoms with E-state index in [1.165, 1.54) is 6.42 Å². The molecule has 19 heavy (non-hydrogen) atoms. The number of nitrogens with two attached hydrogens (primary N) is 1. The van der Waals surface area contributed by atoms with Crippen LogP contribution >= 0.6 is 44.3 Å². The third-order valence-electron chi connectivity index (χ3n) is 3.46. The fourth-order valence-electron chi connectivity index (χ4n) is 2.37. The second-order valence-corrected chi connectivity index (χ2v) is 6.57. The average Bonchev–Trinajstić information content (AvgIpc) is 2.33. The van der Waals surface area contributed by atoms with Crippen LogP contribution in [0.5, 0.6) is 0 Å². The molecule has 0 aromatic heterocycles. The van der Waals surface area contributed by atoms with Crippen LogP contribution in [0.2, 0.25) is 0 Å². The van der Waals surface area contributed by atoms with Gasteiger partial charge in [0, 0.05) is 21.5 Å². The molecule has 1 aliphatic carbocycles. The molecule has 0 saturated heterocycles. The summed E-state index contributed by atoms with van der Waals surface area (Å²) < 4.78 is 1.91. The quantitative estimate of drug-likeness (QED) is 0.663. The maximum absolute atomic E-state index is 9.91. The highest BCUT2D eigenvalue weighted by atomic mass is 79.9. The zero-order chi connectivity index (χ0) is 13.1. The molecule has 0 amide bonds. The van der Waals surface area contributed by atoms with Gasteiger partial charge in [0.2, 0.25) is 0 Å². The highest BCUT2D eigenvalue weighted by molar-refractivity contribution is 9.11. The first-order chi connectivity index (χ1) is 8.58. The van der Waals surface area contributed by atoms with Gasteiger partial charge in [0.05, 0.1) is 11.8 Å². The summed E-state index contributed by atoms with van der Waals surface area (Å²) in [6.07, 6.45) is 4.03. The first-order valence-electron chi connectivity index (χ1n) is 6.23. The molecule has 3 nitrogen and oxygen atoms in total. The molecule has 0 heterocycles. The van der Waals surface area contributed by atoms with Gasteiger partial charge in [0.25, 0.3) is 0 Å². The van der Waals surface area contributed by atoms with Crippen molar-refractivity contribution in [3.8, 4) is 0 Å². The largest absolute Gasteiger partial charge is 0.398 e. The molecule has 1 aromatic rings. The Hall–Kier alpha value is 0.190. The summed E-state index contributed by atoms with van der Waals surface area (Å²) in [4.78, 5) is 0. The van der Waals surface area contributed by atoms with Crippen molar-refractivity contribution in [2.24, 2.45) is 0 Å². The maximum Gasteiger partial charge on any atom is 0.0693 e. The van der Waals surface area contributed by atoms with Crippen LogP contribution in [0.4, 0.5) is 5.69 Å². The Balaban J connectivity index is 0.00000180. The molecule has 1 saturated carbocycles. The molecule has 0 radical (unpaired) electrons. The number of anilines is 1. The number of hydrogen-bond donors (Lipinski definition) is 3. The summed E-state index contributed by atoms with van der Waals surface area (Å²) >= 11 is 6.90. The monoisotopic (exact) mass is 412 g/mol. The minimum Gasteiger partial charge on any atom is -0.398 e. The summed E-state index contributed by atoms with van der Waals surface area (Å²) in [7, 11) is 0. The van der Waals surface area contributed by atoms with Gasteiger partial charge in [-0.15, -0.1) is 12.4 Å². The highest BCUT2D eigenvalue weighted by Crippen LogP contribution is 2.28. The van der Waals surface area contributed by atoms with E-state index in [4.69, 9.17) is 5.73 Å². The molecular formula is C13H19Br2ClN2O. The van der Waals surface area contributed by atoms with Crippen LogP contribution in [-0.2, 0) is 6.54 Å². The summed E-state index contributed by atoms with van der Waals surface area (Å²) in [6, 6.07) is 4.15. The lowest BCUT2D eigenvalue weighted by Gasteiger charge is -2.28. The Labute approximate surface area is 137 Å². The maximum atomic E-state index is 9.91. The van der Waals surface area contributed by atoms with Crippen molar-refractivity contribution in [1.82, 2.24) is 5.32 Å².